The number of hydrogen-bond donors (Lipinski definition) is 0. The number of nitrogens with zero attached hydrogens (tertiary/aromatic N) is 3. The van der Waals surface area contributed by atoms with Crippen LogP contribution in [0.4, 0.5) is 24.8 Å². The van der Waals surface area contributed by atoms with E-state index in [0.717, 1.165) is 0 Å². The van der Waals surface area contributed by atoms with E-state index in [1.807, 2.05) is 0 Å². The van der Waals surface area contributed by atoms with Crippen LogP contribution >= 0.6 is 11.6 Å². The molecule has 0 aliphatic carbocycles. The summed E-state index contributed by atoms with van der Waals surface area (Å²) >= 11 is 6.13. The van der Waals surface area contributed by atoms with Crippen LogP contribution < -0.4 is 9.64 Å². The van der Waals surface area contributed by atoms with Gasteiger partial charge in [-0.05, 0) is 24.3 Å². The molecule has 26 heavy (non-hydrogen) atoms. The Kier molecular flexibility index (Phi) is 4.99. The fourth-order valence-corrected chi connectivity index (χ4v) is 2.49. The molecule has 0 radical (unpaired) electrons. The van der Waals surface area contributed by atoms with Crippen molar-refractivity contribution in [3.63, 3.8) is 0 Å². The number of para-hydroxylation sites is 2. The van der Waals surface area contributed by atoms with Gasteiger partial charge in [-0.1, -0.05) is 41.9 Å². The van der Waals surface area contributed by atoms with Crippen molar-refractivity contribution < 1.29 is 17.9 Å². The number of rotatable bonds is 4. The minimum absolute atomic E-state index is 0.0250. The number of hydrogen-bond acceptors (Lipinski definition) is 4. The van der Waals surface area contributed by atoms with Crippen molar-refractivity contribution in [2.75, 3.05) is 11.9 Å². The molecule has 3 rings (SSSR count). The Bertz CT molecular complexity index is 904. The molecule has 0 unspecified atom stereocenters. The predicted molar refractivity (Wildman–Crippen MR) is 93.1 cm³/mol. The summed E-state index contributed by atoms with van der Waals surface area (Å²) in [7, 11) is 1.61. The molecule has 8 heteroatoms. The zero-order chi connectivity index (χ0) is 18.7. The molecular weight excluding hydrogens is 367 g/mol. The minimum atomic E-state index is -4.65. The molecule has 0 N–H and O–H groups in total. The van der Waals surface area contributed by atoms with Gasteiger partial charge in [0.15, 0.2) is 0 Å². The molecule has 4 nitrogen and oxygen atoms in total. The van der Waals surface area contributed by atoms with Crippen LogP contribution in [-0.4, -0.2) is 17.0 Å². The standard InChI is InChI=1S/C18H13ClF3N3O/c1-25(15-10-6-5-9-14(15)19)17-23-11-13(18(20,21)22)16(24-17)26-12-7-3-2-4-8-12/h2-11H,1H3. The second-order valence-corrected chi connectivity index (χ2v) is 5.72. The van der Waals surface area contributed by atoms with E-state index in [-0.39, 0.29) is 11.7 Å². The fourth-order valence-electron chi connectivity index (χ4n) is 2.22. The number of ether oxygens (including phenoxy) is 1. The van der Waals surface area contributed by atoms with Crippen molar-refractivity contribution in [3.8, 4) is 11.6 Å². The van der Waals surface area contributed by atoms with Gasteiger partial charge < -0.3 is 9.64 Å². The molecule has 0 bridgehead atoms. The average Bonchev–Trinajstić information content (AvgIpc) is 2.61. The van der Waals surface area contributed by atoms with E-state index >= 15 is 0 Å². The van der Waals surface area contributed by atoms with Crippen molar-refractivity contribution in [1.29, 1.82) is 0 Å². The van der Waals surface area contributed by atoms with Crippen LogP contribution in [-0.2, 0) is 6.18 Å². The Morgan fingerprint density at radius 2 is 1.65 bits per heavy atom. The largest absolute Gasteiger partial charge is 0.438 e. The SMILES string of the molecule is CN(c1ncc(C(F)(F)F)c(Oc2ccccc2)n1)c1ccccc1Cl. The van der Waals surface area contributed by atoms with E-state index in [1.165, 1.54) is 4.90 Å². The lowest BCUT2D eigenvalue weighted by atomic mass is 10.3. The molecule has 2 aromatic carbocycles. The van der Waals surface area contributed by atoms with Gasteiger partial charge >= 0.3 is 6.18 Å². The first-order valence-electron chi connectivity index (χ1n) is 7.51. The lowest BCUT2D eigenvalue weighted by molar-refractivity contribution is -0.139. The monoisotopic (exact) mass is 379 g/mol. The van der Waals surface area contributed by atoms with Crippen molar-refractivity contribution >= 4 is 23.2 Å². The van der Waals surface area contributed by atoms with Gasteiger partial charge in [-0.15, -0.1) is 0 Å². The number of benzene rings is 2. The molecule has 0 spiro atoms. The zero-order valence-electron chi connectivity index (χ0n) is 13.5. The fraction of sp³-hybridized carbons (Fsp3) is 0.111. The van der Waals surface area contributed by atoms with Crippen molar-refractivity contribution in [1.82, 2.24) is 9.97 Å². The van der Waals surface area contributed by atoms with Crippen molar-refractivity contribution in [2.24, 2.45) is 0 Å². The highest BCUT2D eigenvalue weighted by atomic mass is 35.5. The van der Waals surface area contributed by atoms with Gasteiger partial charge in [0.1, 0.15) is 11.3 Å². The van der Waals surface area contributed by atoms with Crippen LogP contribution in [0.5, 0.6) is 11.6 Å². The number of aromatic nitrogens is 2. The van der Waals surface area contributed by atoms with E-state index < -0.39 is 17.6 Å². The predicted octanol–water partition coefficient (Wildman–Crippen LogP) is 5.71. The molecule has 0 saturated carbocycles. The normalized spacial score (nSPS) is 11.3. The third-order valence-electron chi connectivity index (χ3n) is 3.52. The summed E-state index contributed by atoms with van der Waals surface area (Å²) in [6, 6.07) is 15.0. The van der Waals surface area contributed by atoms with Crippen molar-refractivity contribution in [2.45, 2.75) is 6.18 Å². The Balaban J connectivity index is 2.03. The van der Waals surface area contributed by atoms with Crippen LogP contribution in [0.1, 0.15) is 5.56 Å². The van der Waals surface area contributed by atoms with Crippen LogP contribution in [0, 0.1) is 0 Å². The molecular formula is C18H13ClF3N3O. The van der Waals surface area contributed by atoms with Crippen LogP contribution in [0.2, 0.25) is 5.02 Å². The molecule has 0 aliphatic heterocycles. The first kappa shape index (κ1) is 18.0. The molecule has 0 fully saturated rings. The van der Waals surface area contributed by atoms with Crippen LogP contribution in [0.3, 0.4) is 0 Å². The first-order chi connectivity index (χ1) is 12.4. The summed E-state index contributed by atoms with van der Waals surface area (Å²) in [6.45, 7) is 0. The summed E-state index contributed by atoms with van der Waals surface area (Å²) in [5.41, 5.74) is -0.503. The maximum Gasteiger partial charge on any atom is 0.423 e. The highest BCUT2D eigenvalue weighted by Gasteiger charge is 2.36. The second-order valence-electron chi connectivity index (χ2n) is 5.31. The molecule has 0 aliphatic rings. The van der Waals surface area contributed by atoms with Gasteiger partial charge in [0, 0.05) is 13.2 Å². The summed E-state index contributed by atoms with van der Waals surface area (Å²) in [6.07, 6.45) is -3.94. The Morgan fingerprint density at radius 1 is 1.00 bits per heavy atom. The zero-order valence-corrected chi connectivity index (χ0v) is 14.3. The van der Waals surface area contributed by atoms with Crippen molar-refractivity contribution in [3.05, 3.63) is 71.4 Å². The van der Waals surface area contributed by atoms with E-state index in [9.17, 15) is 13.2 Å². The minimum Gasteiger partial charge on any atom is -0.438 e. The second kappa shape index (κ2) is 7.21. The molecule has 3 aromatic rings. The lowest BCUT2D eigenvalue weighted by Crippen LogP contribution is -2.16. The van der Waals surface area contributed by atoms with Gasteiger partial charge in [0.2, 0.25) is 11.8 Å². The van der Waals surface area contributed by atoms with Crippen LogP contribution in [0.25, 0.3) is 0 Å². The number of halogens is 4. The Hall–Kier alpha value is -2.80. The average molecular weight is 380 g/mol. The molecule has 0 saturated heterocycles. The summed E-state index contributed by atoms with van der Waals surface area (Å²) < 4.78 is 45.2. The number of alkyl halides is 3. The van der Waals surface area contributed by atoms with E-state index in [2.05, 4.69) is 9.97 Å². The molecule has 1 aromatic heterocycles. The molecule has 1 heterocycles. The number of anilines is 2. The van der Waals surface area contributed by atoms with Gasteiger partial charge in [-0.3, -0.25) is 0 Å². The summed E-state index contributed by atoms with van der Waals surface area (Å²) in [4.78, 5) is 9.27. The van der Waals surface area contributed by atoms with E-state index in [1.54, 1.807) is 61.6 Å². The topological polar surface area (TPSA) is 38.2 Å². The summed E-state index contributed by atoms with van der Waals surface area (Å²) in [5.74, 6) is -0.312. The smallest absolute Gasteiger partial charge is 0.423 e. The third-order valence-corrected chi connectivity index (χ3v) is 3.84. The lowest BCUT2D eigenvalue weighted by Gasteiger charge is -2.20. The first-order valence-corrected chi connectivity index (χ1v) is 7.89. The summed E-state index contributed by atoms with van der Waals surface area (Å²) in [5, 5.41) is 0.420. The maximum absolute atomic E-state index is 13.3. The quantitative estimate of drug-likeness (QED) is 0.582. The Labute approximate surface area is 152 Å². The highest BCUT2D eigenvalue weighted by molar-refractivity contribution is 6.33. The Morgan fingerprint density at radius 3 is 2.31 bits per heavy atom. The van der Waals surface area contributed by atoms with E-state index in [0.29, 0.717) is 16.9 Å². The van der Waals surface area contributed by atoms with Gasteiger partial charge in [-0.2, -0.15) is 18.2 Å². The van der Waals surface area contributed by atoms with Gasteiger partial charge in [0.05, 0.1) is 10.7 Å². The van der Waals surface area contributed by atoms with Gasteiger partial charge in [-0.25, -0.2) is 4.98 Å². The third kappa shape index (κ3) is 3.88. The highest BCUT2D eigenvalue weighted by Crippen LogP contribution is 2.38. The molecule has 0 atom stereocenters. The molecule has 134 valence electrons. The molecule has 0 amide bonds. The maximum atomic E-state index is 13.3. The van der Waals surface area contributed by atoms with Gasteiger partial charge in [0.25, 0.3) is 0 Å². The van der Waals surface area contributed by atoms with E-state index in [4.69, 9.17) is 16.3 Å². The van der Waals surface area contributed by atoms with Crippen LogP contribution in [0.15, 0.2) is 60.8 Å².